The van der Waals surface area contributed by atoms with Gasteiger partial charge in [0.05, 0.1) is 0 Å². The van der Waals surface area contributed by atoms with E-state index in [1.54, 1.807) is 18.3 Å². The standard InChI is InChI=1S/C17H26N4O3/c1-12(2)10-14(17(23)24)19-16(22)13-4-5-18-15(11-13)21-8-6-20(3)7-9-21/h4-5,11-12,14H,6-10H2,1-3H3,(H,19,22)(H,23,24)/t14-/m0/s1. The molecule has 1 aromatic heterocycles. The first-order chi connectivity index (χ1) is 11.4. The van der Waals surface area contributed by atoms with Gasteiger partial charge in [0.2, 0.25) is 0 Å². The van der Waals surface area contributed by atoms with Gasteiger partial charge in [-0.25, -0.2) is 9.78 Å². The third-order valence-electron chi connectivity index (χ3n) is 4.15. The number of pyridine rings is 1. The Labute approximate surface area is 142 Å². The molecule has 0 spiro atoms. The number of aromatic nitrogens is 1. The van der Waals surface area contributed by atoms with Crippen LogP contribution in [0.2, 0.25) is 0 Å². The molecule has 1 aliphatic heterocycles. The van der Waals surface area contributed by atoms with Gasteiger partial charge in [0.1, 0.15) is 11.9 Å². The van der Waals surface area contributed by atoms with E-state index in [-0.39, 0.29) is 11.8 Å². The van der Waals surface area contributed by atoms with Crippen LogP contribution in [0.4, 0.5) is 5.82 Å². The molecule has 1 aromatic rings. The minimum atomic E-state index is -1.01. The summed E-state index contributed by atoms with van der Waals surface area (Å²) in [6.07, 6.45) is 2.00. The lowest BCUT2D eigenvalue weighted by Crippen LogP contribution is -2.45. The van der Waals surface area contributed by atoms with Crippen molar-refractivity contribution in [2.75, 3.05) is 38.1 Å². The van der Waals surface area contributed by atoms with Gasteiger partial charge in [-0.3, -0.25) is 4.79 Å². The second-order valence-electron chi connectivity index (χ2n) is 6.69. The molecule has 7 nitrogen and oxygen atoms in total. The molecule has 1 atom stereocenters. The Balaban J connectivity index is 2.06. The van der Waals surface area contributed by atoms with Crippen molar-refractivity contribution >= 4 is 17.7 Å². The number of carboxylic acids is 1. The lowest BCUT2D eigenvalue weighted by Gasteiger charge is -2.33. The summed E-state index contributed by atoms with van der Waals surface area (Å²) >= 11 is 0. The molecule has 1 fully saturated rings. The Morgan fingerprint density at radius 3 is 2.54 bits per heavy atom. The predicted octanol–water partition coefficient (Wildman–Crippen LogP) is 1.06. The van der Waals surface area contributed by atoms with Crippen molar-refractivity contribution in [3.05, 3.63) is 23.9 Å². The second kappa shape index (κ2) is 8.10. The van der Waals surface area contributed by atoms with Gasteiger partial charge in [-0.05, 0) is 31.5 Å². The van der Waals surface area contributed by atoms with E-state index >= 15 is 0 Å². The number of likely N-dealkylation sites (N-methyl/N-ethyl adjacent to an activating group) is 1. The van der Waals surface area contributed by atoms with Gasteiger partial charge < -0.3 is 20.2 Å². The number of nitrogens with zero attached hydrogens (tertiary/aromatic N) is 3. The number of carbonyl (C=O) groups is 2. The molecule has 0 bridgehead atoms. The van der Waals surface area contributed by atoms with Crippen molar-refractivity contribution in [1.29, 1.82) is 0 Å². The van der Waals surface area contributed by atoms with Gasteiger partial charge in [0.25, 0.3) is 5.91 Å². The van der Waals surface area contributed by atoms with Crippen molar-refractivity contribution in [3.63, 3.8) is 0 Å². The van der Waals surface area contributed by atoms with Gasteiger partial charge in [-0.2, -0.15) is 0 Å². The Morgan fingerprint density at radius 1 is 1.29 bits per heavy atom. The summed E-state index contributed by atoms with van der Waals surface area (Å²) in [4.78, 5) is 32.4. The summed E-state index contributed by atoms with van der Waals surface area (Å²) in [7, 11) is 2.08. The maximum Gasteiger partial charge on any atom is 0.326 e. The van der Waals surface area contributed by atoms with E-state index in [9.17, 15) is 14.7 Å². The summed E-state index contributed by atoms with van der Waals surface area (Å²) in [6, 6.07) is 2.47. The van der Waals surface area contributed by atoms with Crippen LogP contribution < -0.4 is 10.2 Å². The van der Waals surface area contributed by atoms with Crippen LogP contribution in [0, 0.1) is 5.92 Å². The fraction of sp³-hybridized carbons (Fsp3) is 0.588. The number of hydrogen-bond donors (Lipinski definition) is 2. The number of anilines is 1. The van der Waals surface area contributed by atoms with E-state index in [1.165, 1.54) is 0 Å². The first kappa shape index (κ1) is 18.2. The number of amides is 1. The molecule has 1 amide bonds. The number of hydrogen-bond acceptors (Lipinski definition) is 5. The molecule has 24 heavy (non-hydrogen) atoms. The van der Waals surface area contributed by atoms with Gasteiger partial charge >= 0.3 is 5.97 Å². The first-order valence-electron chi connectivity index (χ1n) is 8.30. The van der Waals surface area contributed by atoms with Gasteiger partial charge in [-0.1, -0.05) is 13.8 Å². The molecule has 1 aliphatic rings. The smallest absolute Gasteiger partial charge is 0.326 e. The minimum Gasteiger partial charge on any atom is -0.480 e. The van der Waals surface area contributed by atoms with E-state index in [1.807, 2.05) is 13.8 Å². The monoisotopic (exact) mass is 334 g/mol. The van der Waals surface area contributed by atoms with Crippen LogP contribution >= 0.6 is 0 Å². The summed E-state index contributed by atoms with van der Waals surface area (Å²) in [5.41, 5.74) is 0.439. The fourth-order valence-electron chi connectivity index (χ4n) is 2.70. The fourth-order valence-corrected chi connectivity index (χ4v) is 2.70. The maximum atomic E-state index is 12.4. The molecular formula is C17H26N4O3. The molecule has 2 heterocycles. The molecule has 7 heteroatoms. The van der Waals surface area contributed by atoms with Crippen LogP contribution in [0.15, 0.2) is 18.3 Å². The Kier molecular flexibility index (Phi) is 6.14. The van der Waals surface area contributed by atoms with Crippen molar-refractivity contribution < 1.29 is 14.7 Å². The van der Waals surface area contributed by atoms with Crippen LogP contribution in [0.3, 0.4) is 0 Å². The zero-order chi connectivity index (χ0) is 17.7. The first-order valence-corrected chi connectivity index (χ1v) is 8.30. The summed E-state index contributed by atoms with van der Waals surface area (Å²) in [6.45, 7) is 7.49. The molecule has 0 radical (unpaired) electrons. The molecule has 0 saturated carbocycles. The maximum absolute atomic E-state index is 12.4. The van der Waals surface area contributed by atoms with E-state index in [0.29, 0.717) is 12.0 Å². The number of aliphatic carboxylic acids is 1. The number of nitrogens with one attached hydrogen (secondary N) is 1. The van der Waals surface area contributed by atoms with Crippen LogP contribution in [0.25, 0.3) is 0 Å². The minimum absolute atomic E-state index is 0.185. The topological polar surface area (TPSA) is 85.8 Å². The highest BCUT2D eigenvalue weighted by atomic mass is 16.4. The Hall–Kier alpha value is -2.15. The second-order valence-corrected chi connectivity index (χ2v) is 6.69. The molecule has 0 aliphatic carbocycles. The van der Waals surface area contributed by atoms with Crippen molar-refractivity contribution in [2.45, 2.75) is 26.3 Å². The number of carboxylic acid groups (broad SMARTS) is 1. The number of carbonyl (C=O) groups excluding carboxylic acids is 1. The Morgan fingerprint density at radius 2 is 1.96 bits per heavy atom. The zero-order valence-corrected chi connectivity index (χ0v) is 14.5. The van der Waals surface area contributed by atoms with Crippen LogP contribution in [-0.4, -0.2) is 66.1 Å². The Bertz CT molecular complexity index is 583. The summed E-state index contributed by atoms with van der Waals surface area (Å²) in [5.74, 6) is -0.442. The van der Waals surface area contributed by atoms with Gasteiger partial charge in [0, 0.05) is 37.9 Å². The van der Waals surface area contributed by atoms with Crippen molar-refractivity contribution in [1.82, 2.24) is 15.2 Å². The van der Waals surface area contributed by atoms with E-state index in [4.69, 9.17) is 0 Å². The molecule has 2 rings (SSSR count). The summed E-state index contributed by atoms with van der Waals surface area (Å²) < 4.78 is 0. The SMILES string of the molecule is CC(C)C[C@H](NC(=O)c1ccnc(N2CCN(C)CC2)c1)C(=O)O. The van der Waals surface area contributed by atoms with Crippen LogP contribution in [-0.2, 0) is 4.79 Å². The van der Waals surface area contributed by atoms with Crippen molar-refractivity contribution in [3.8, 4) is 0 Å². The van der Waals surface area contributed by atoms with E-state index in [2.05, 4.69) is 27.1 Å². The van der Waals surface area contributed by atoms with Gasteiger partial charge in [0.15, 0.2) is 0 Å². The number of piperazine rings is 1. The highest BCUT2D eigenvalue weighted by Gasteiger charge is 2.22. The molecule has 0 aromatic carbocycles. The predicted molar refractivity (Wildman–Crippen MR) is 92.3 cm³/mol. The average molecular weight is 334 g/mol. The normalized spacial score (nSPS) is 16.9. The lowest BCUT2D eigenvalue weighted by molar-refractivity contribution is -0.139. The van der Waals surface area contributed by atoms with Crippen LogP contribution in [0.1, 0.15) is 30.6 Å². The molecule has 2 N–H and O–H groups in total. The quantitative estimate of drug-likeness (QED) is 0.809. The lowest BCUT2D eigenvalue weighted by atomic mass is 10.0. The van der Waals surface area contributed by atoms with Crippen LogP contribution in [0.5, 0.6) is 0 Å². The highest BCUT2D eigenvalue weighted by Crippen LogP contribution is 2.15. The zero-order valence-electron chi connectivity index (χ0n) is 14.5. The molecular weight excluding hydrogens is 308 g/mol. The average Bonchev–Trinajstić information content (AvgIpc) is 2.54. The van der Waals surface area contributed by atoms with Gasteiger partial charge in [-0.15, -0.1) is 0 Å². The van der Waals surface area contributed by atoms with E-state index < -0.39 is 12.0 Å². The molecule has 0 unspecified atom stereocenters. The summed E-state index contributed by atoms with van der Waals surface area (Å²) in [5, 5.41) is 11.9. The number of rotatable bonds is 6. The van der Waals surface area contributed by atoms with Crippen molar-refractivity contribution in [2.24, 2.45) is 5.92 Å². The largest absolute Gasteiger partial charge is 0.480 e. The highest BCUT2D eigenvalue weighted by molar-refractivity contribution is 5.97. The third-order valence-corrected chi connectivity index (χ3v) is 4.15. The third kappa shape index (κ3) is 4.92. The molecule has 1 saturated heterocycles. The van der Waals surface area contributed by atoms with E-state index in [0.717, 1.165) is 32.0 Å². The molecule has 132 valence electrons.